The van der Waals surface area contributed by atoms with Gasteiger partial charge in [0.05, 0.1) is 5.69 Å². The second-order valence-corrected chi connectivity index (χ2v) is 7.01. The highest BCUT2D eigenvalue weighted by atomic mass is 127. The van der Waals surface area contributed by atoms with E-state index in [1.54, 1.807) is 19.2 Å². The van der Waals surface area contributed by atoms with Gasteiger partial charge in [0, 0.05) is 37.9 Å². The van der Waals surface area contributed by atoms with Crippen molar-refractivity contribution in [3.63, 3.8) is 0 Å². The molecule has 1 unspecified atom stereocenters. The van der Waals surface area contributed by atoms with Crippen molar-refractivity contribution in [2.75, 3.05) is 13.6 Å². The van der Waals surface area contributed by atoms with Gasteiger partial charge >= 0.3 is 6.61 Å². The molecule has 0 fully saturated rings. The maximum Gasteiger partial charge on any atom is 0.387 e. The molecule has 0 bridgehead atoms. The molecule has 9 heteroatoms. The summed E-state index contributed by atoms with van der Waals surface area (Å²) in [4.78, 5) is 4.20. The molecule has 2 rings (SSSR count). The lowest BCUT2D eigenvalue weighted by molar-refractivity contribution is -0.0504. The van der Waals surface area contributed by atoms with Crippen LogP contribution in [0.5, 0.6) is 5.75 Å². The Balaban J connectivity index is 0.00000420. The highest BCUT2D eigenvalue weighted by molar-refractivity contribution is 14.0. The van der Waals surface area contributed by atoms with Crippen LogP contribution in [0.1, 0.15) is 29.4 Å². The molecule has 0 spiro atoms. The van der Waals surface area contributed by atoms with Crippen LogP contribution in [0, 0.1) is 26.7 Å². The number of aromatic nitrogens is 2. The minimum absolute atomic E-state index is 0. The maximum absolute atomic E-state index is 12.6. The van der Waals surface area contributed by atoms with Gasteiger partial charge < -0.3 is 15.4 Å². The summed E-state index contributed by atoms with van der Waals surface area (Å²) in [5.74, 6) is 1.10. The number of halogens is 3. The third kappa shape index (κ3) is 8.15. The average Bonchev–Trinajstić information content (AvgIpc) is 2.93. The molecule has 2 aromatic rings. The molecule has 2 N–H and O–H groups in total. The van der Waals surface area contributed by atoms with Crippen LogP contribution in [0.3, 0.4) is 0 Å². The zero-order chi connectivity index (χ0) is 20.7. The lowest BCUT2D eigenvalue weighted by Crippen LogP contribution is -2.39. The van der Waals surface area contributed by atoms with Crippen LogP contribution in [-0.2, 0) is 13.1 Å². The second-order valence-electron chi connectivity index (χ2n) is 7.01. The van der Waals surface area contributed by atoms with Gasteiger partial charge in [0.15, 0.2) is 5.96 Å². The second kappa shape index (κ2) is 11.9. The lowest BCUT2D eigenvalue weighted by Gasteiger charge is -2.18. The first-order valence-electron chi connectivity index (χ1n) is 9.28. The van der Waals surface area contributed by atoms with Crippen LogP contribution < -0.4 is 15.4 Å². The van der Waals surface area contributed by atoms with Crippen molar-refractivity contribution in [2.24, 2.45) is 10.9 Å². The molecule has 0 radical (unpaired) electrons. The van der Waals surface area contributed by atoms with Crippen LogP contribution in [0.2, 0.25) is 0 Å². The fraction of sp³-hybridized carbons (Fsp3) is 0.500. The number of aryl methyl sites for hydroxylation is 3. The molecule has 1 atom stereocenters. The molecular formula is C20H30F2IN5O. The lowest BCUT2D eigenvalue weighted by atomic mass is 10.1. The van der Waals surface area contributed by atoms with Gasteiger partial charge in [-0.3, -0.25) is 9.67 Å². The molecule has 0 aliphatic carbocycles. The average molecular weight is 521 g/mol. The Morgan fingerprint density at radius 2 is 1.93 bits per heavy atom. The van der Waals surface area contributed by atoms with E-state index in [-0.39, 0.29) is 29.7 Å². The standard InChI is InChI=1S/C20H29F2N5O.HI/c1-13-6-7-18(28-19(21)22)17(8-13)11-25-20(23-5)24-10-14(2)12-27-16(4)9-15(3)26-27;/h6-9,14,19H,10-12H2,1-5H3,(H2,23,24,25);1H. The van der Waals surface area contributed by atoms with E-state index in [0.29, 0.717) is 30.5 Å². The normalized spacial score (nSPS) is 12.5. The summed E-state index contributed by atoms with van der Waals surface area (Å²) in [6.07, 6.45) is 0. The van der Waals surface area contributed by atoms with E-state index in [4.69, 9.17) is 0 Å². The SMILES string of the molecule is CN=C(NCc1cc(C)ccc1OC(F)F)NCC(C)Cn1nc(C)cc1C.I. The molecular weight excluding hydrogens is 491 g/mol. The monoisotopic (exact) mass is 521 g/mol. The molecule has 0 aliphatic rings. The summed E-state index contributed by atoms with van der Waals surface area (Å²) >= 11 is 0. The summed E-state index contributed by atoms with van der Waals surface area (Å²) in [6.45, 7) is 7.04. The number of hydrogen-bond donors (Lipinski definition) is 2. The van der Waals surface area contributed by atoms with Gasteiger partial charge in [0.2, 0.25) is 0 Å². The first-order valence-corrected chi connectivity index (χ1v) is 9.28. The smallest absolute Gasteiger partial charge is 0.387 e. The number of guanidine groups is 1. The Labute approximate surface area is 188 Å². The highest BCUT2D eigenvalue weighted by Crippen LogP contribution is 2.22. The minimum Gasteiger partial charge on any atom is -0.434 e. The largest absolute Gasteiger partial charge is 0.434 e. The Morgan fingerprint density at radius 3 is 2.52 bits per heavy atom. The predicted octanol–water partition coefficient (Wildman–Crippen LogP) is 4.03. The summed E-state index contributed by atoms with van der Waals surface area (Å²) in [7, 11) is 1.67. The van der Waals surface area contributed by atoms with E-state index in [2.05, 4.69) is 38.5 Å². The number of benzene rings is 1. The van der Waals surface area contributed by atoms with Crippen LogP contribution >= 0.6 is 24.0 Å². The quantitative estimate of drug-likeness (QED) is 0.313. The van der Waals surface area contributed by atoms with Crippen molar-refractivity contribution in [2.45, 2.75) is 47.4 Å². The van der Waals surface area contributed by atoms with Crippen molar-refractivity contribution in [3.05, 3.63) is 46.8 Å². The van der Waals surface area contributed by atoms with Crippen molar-refractivity contribution < 1.29 is 13.5 Å². The number of alkyl halides is 2. The van der Waals surface area contributed by atoms with Crippen LogP contribution in [-0.4, -0.2) is 35.9 Å². The molecule has 6 nitrogen and oxygen atoms in total. The molecule has 0 saturated heterocycles. The van der Waals surface area contributed by atoms with E-state index in [1.807, 2.05) is 31.5 Å². The Hall–Kier alpha value is -1.91. The van der Waals surface area contributed by atoms with Gasteiger partial charge in [-0.1, -0.05) is 24.6 Å². The third-order valence-corrected chi connectivity index (χ3v) is 4.31. The van der Waals surface area contributed by atoms with Crippen LogP contribution in [0.4, 0.5) is 8.78 Å². The molecule has 0 saturated carbocycles. The fourth-order valence-corrected chi connectivity index (χ4v) is 2.95. The number of aliphatic imine (C=N–C) groups is 1. The molecule has 162 valence electrons. The summed E-state index contributed by atoms with van der Waals surface area (Å²) in [6, 6.07) is 7.19. The molecule has 0 aliphatic heterocycles. The Bertz CT molecular complexity index is 810. The molecule has 1 aromatic carbocycles. The summed E-state index contributed by atoms with van der Waals surface area (Å²) in [5.41, 5.74) is 3.77. The number of hydrogen-bond acceptors (Lipinski definition) is 3. The number of nitrogens with zero attached hydrogens (tertiary/aromatic N) is 3. The number of ether oxygens (including phenoxy) is 1. The third-order valence-electron chi connectivity index (χ3n) is 4.31. The van der Waals surface area contributed by atoms with E-state index in [0.717, 1.165) is 23.5 Å². The highest BCUT2D eigenvalue weighted by Gasteiger charge is 2.12. The maximum atomic E-state index is 12.6. The van der Waals surface area contributed by atoms with Gasteiger partial charge in [-0.05, 0) is 38.8 Å². The Morgan fingerprint density at radius 1 is 1.21 bits per heavy atom. The fourth-order valence-electron chi connectivity index (χ4n) is 2.95. The first kappa shape index (κ1) is 25.1. The van der Waals surface area contributed by atoms with E-state index in [9.17, 15) is 8.78 Å². The Kier molecular flexibility index (Phi) is 10.3. The zero-order valence-electron chi connectivity index (χ0n) is 17.5. The molecule has 1 aromatic heterocycles. The molecule has 29 heavy (non-hydrogen) atoms. The topological polar surface area (TPSA) is 63.5 Å². The van der Waals surface area contributed by atoms with Gasteiger partial charge in [0.25, 0.3) is 0 Å². The van der Waals surface area contributed by atoms with Crippen LogP contribution in [0.15, 0.2) is 29.3 Å². The molecule has 0 amide bonds. The predicted molar refractivity (Wildman–Crippen MR) is 122 cm³/mol. The van der Waals surface area contributed by atoms with Crippen LogP contribution in [0.25, 0.3) is 0 Å². The number of rotatable bonds is 8. The van der Waals surface area contributed by atoms with E-state index in [1.165, 1.54) is 0 Å². The minimum atomic E-state index is -2.85. The summed E-state index contributed by atoms with van der Waals surface area (Å²) < 4.78 is 31.8. The van der Waals surface area contributed by atoms with Crippen molar-refractivity contribution in [1.29, 1.82) is 0 Å². The zero-order valence-corrected chi connectivity index (χ0v) is 19.8. The first-order chi connectivity index (χ1) is 13.3. The van der Waals surface area contributed by atoms with Crippen molar-refractivity contribution >= 4 is 29.9 Å². The van der Waals surface area contributed by atoms with Gasteiger partial charge in [-0.15, -0.1) is 24.0 Å². The van der Waals surface area contributed by atoms with Gasteiger partial charge in [-0.2, -0.15) is 13.9 Å². The number of nitrogens with one attached hydrogen (secondary N) is 2. The van der Waals surface area contributed by atoms with E-state index >= 15 is 0 Å². The molecule has 1 heterocycles. The van der Waals surface area contributed by atoms with Crippen molar-refractivity contribution in [1.82, 2.24) is 20.4 Å². The summed E-state index contributed by atoms with van der Waals surface area (Å²) in [5, 5.41) is 10.9. The van der Waals surface area contributed by atoms with Crippen molar-refractivity contribution in [3.8, 4) is 5.75 Å². The van der Waals surface area contributed by atoms with Gasteiger partial charge in [0.1, 0.15) is 5.75 Å². The van der Waals surface area contributed by atoms with Gasteiger partial charge in [-0.25, -0.2) is 0 Å². The van der Waals surface area contributed by atoms with E-state index < -0.39 is 6.61 Å².